The quantitative estimate of drug-likeness (QED) is 0.771. The summed E-state index contributed by atoms with van der Waals surface area (Å²) in [6, 6.07) is 2.29. The number of piperidine rings is 1. The fraction of sp³-hybridized carbons (Fsp3) is 0.600. The molecule has 0 amide bonds. The van der Waals surface area contributed by atoms with E-state index < -0.39 is 0 Å². The van der Waals surface area contributed by atoms with E-state index >= 15 is 0 Å². The summed E-state index contributed by atoms with van der Waals surface area (Å²) in [5, 5.41) is 7.20. The number of halogens is 1. The van der Waals surface area contributed by atoms with Gasteiger partial charge in [0.15, 0.2) is 0 Å². The number of anilines is 1. The van der Waals surface area contributed by atoms with Crippen molar-refractivity contribution in [2.24, 2.45) is 0 Å². The summed E-state index contributed by atoms with van der Waals surface area (Å²) in [5.74, 6) is 0.794. The van der Waals surface area contributed by atoms with Crippen LogP contribution < -0.4 is 10.6 Å². The Hall–Kier alpha value is -0.870. The van der Waals surface area contributed by atoms with Gasteiger partial charge in [-0.3, -0.25) is 0 Å². The van der Waals surface area contributed by atoms with E-state index in [0.717, 1.165) is 18.9 Å². The first kappa shape index (κ1) is 10.6. The lowest BCUT2D eigenvalue weighted by Gasteiger charge is -2.23. The third kappa shape index (κ3) is 3.32. The summed E-state index contributed by atoms with van der Waals surface area (Å²) in [7, 11) is 0. The van der Waals surface area contributed by atoms with E-state index in [9.17, 15) is 0 Å². The van der Waals surface area contributed by atoms with Crippen molar-refractivity contribution >= 4 is 17.4 Å². The largest absolute Gasteiger partial charge is 0.368 e. The molecule has 2 rings (SSSR count). The van der Waals surface area contributed by atoms with E-state index in [1.807, 2.05) is 0 Å². The summed E-state index contributed by atoms with van der Waals surface area (Å²) in [4.78, 5) is 7.92. The molecule has 1 saturated heterocycles. The predicted molar refractivity (Wildman–Crippen MR) is 61.2 cm³/mol. The lowest BCUT2D eigenvalue weighted by molar-refractivity contribution is 0.414. The number of hydrogen-bond donors (Lipinski definition) is 2. The molecular formula is C10H15ClN4. The minimum absolute atomic E-state index is 0.476. The van der Waals surface area contributed by atoms with Crippen molar-refractivity contribution in [3.63, 3.8) is 0 Å². The number of hydrogen-bond acceptors (Lipinski definition) is 4. The molecule has 1 aromatic rings. The van der Waals surface area contributed by atoms with Crippen molar-refractivity contribution in [3.8, 4) is 0 Å². The number of rotatable bonds is 3. The highest BCUT2D eigenvalue weighted by Crippen LogP contribution is 2.10. The Labute approximate surface area is 94.5 Å². The summed E-state index contributed by atoms with van der Waals surface area (Å²) >= 11 is 5.76. The Morgan fingerprint density at radius 3 is 3.13 bits per heavy atom. The van der Waals surface area contributed by atoms with Gasteiger partial charge < -0.3 is 10.6 Å². The Kier molecular flexibility index (Phi) is 3.75. The summed E-state index contributed by atoms with van der Waals surface area (Å²) in [5.41, 5.74) is 0. The molecule has 2 heterocycles. The molecule has 0 saturated carbocycles. The topological polar surface area (TPSA) is 49.8 Å². The van der Waals surface area contributed by atoms with Crippen molar-refractivity contribution in [3.05, 3.63) is 17.5 Å². The molecule has 1 atom stereocenters. The average Bonchev–Trinajstić information content (AvgIpc) is 2.28. The van der Waals surface area contributed by atoms with Crippen molar-refractivity contribution in [2.45, 2.75) is 25.3 Å². The third-order valence-electron chi connectivity index (χ3n) is 2.58. The molecule has 0 unspecified atom stereocenters. The first-order valence-electron chi connectivity index (χ1n) is 5.29. The first-order chi connectivity index (χ1) is 7.34. The van der Waals surface area contributed by atoms with E-state index in [0.29, 0.717) is 11.2 Å². The van der Waals surface area contributed by atoms with Crippen LogP contribution in [0.5, 0.6) is 0 Å². The van der Waals surface area contributed by atoms with Crippen LogP contribution in [0.3, 0.4) is 0 Å². The van der Waals surface area contributed by atoms with Gasteiger partial charge >= 0.3 is 0 Å². The SMILES string of the molecule is Clc1cc(NC[C@@H]2CCCCN2)ncn1. The average molecular weight is 227 g/mol. The zero-order chi connectivity index (χ0) is 10.5. The normalized spacial score (nSPS) is 21.3. The number of aromatic nitrogens is 2. The fourth-order valence-corrected chi connectivity index (χ4v) is 1.90. The maximum Gasteiger partial charge on any atom is 0.134 e. The monoisotopic (exact) mass is 226 g/mol. The van der Waals surface area contributed by atoms with Crippen LogP contribution in [-0.4, -0.2) is 29.1 Å². The molecule has 0 bridgehead atoms. The highest BCUT2D eigenvalue weighted by molar-refractivity contribution is 6.29. The molecule has 82 valence electrons. The Bertz CT molecular complexity index is 312. The Balaban J connectivity index is 1.81. The number of nitrogens with one attached hydrogen (secondary N) is 2. The van der Waals surface area contributed by atoms with Crippen LogP contribution in [0.15, 0.2) is 12.4 Å². The van der Waals surface area contributed by atoms with Crippen LogP contribution >= 0.6 is 11.6 Å². The molecule has 1 aliphatic heterocycles. The second kappa shape index (κ2) is 5.28. The highest BCUT2D eigenvalue weighted by atomic mass is 35.5. The second-order valence-corrected chi connectivity index (χ2v) is 4.14. The molecule has 1 aromatic heterocycles. The highest BCUT2D eigenvalue weighted by Gasteiger charge is 2.11. The Morgan fingerprint density at radius 2 is 2.40 bits per heavy atom. The van der Waals surface area contributed by atoms with Gasteiger partial charge in [-0.2, -0.15) is 0 Å². The molecule has 4 nitrogen and oxygen atoms in total. The molecule has 0 radical (unpaired) electrons. The minimum atomic E-state index is 0.476. The Morgan fingerprint density at radius 1 is 1.47 bits per heavy atom. The molecule has 0 spiro atoms. The van der Waals surface area contributed by atoms with Crippen LogP contribution in [0.2, 0.25) is 5.15 Å². The maximum absolute atomic E-state index is 5.76. The molecular weight excluding hydrogens is 212 g/mol. The van der Waals surface area contributed by atoms with Crippen LogP contribution in [-0.2, 0) is 0 Å². The molecule has 2 N–H and O–H groups in total. The summed E-state index contributed by atoms with van der Waals surface area (Å²) in [6.07, 6.45) is 5.30. The van der Waals surface area contributed by atoms with Crippen LogP contribution in [0.4, 0.5) is 5.82 Å². The van der Waals surface area contributed by atoms with Gasteiger partial charge in [0.05, 0.1) is 0 Å². The molecule has 15 heavy (non-hydrogen) atoms. The number of nitrogens with zero attached hydrogens (tertiary/aromatic N) is 2. The maximum atomic E-state index is 5.76. The van der Waals surface area contributed by atoms with Gasteiger partial charge in [-0.25, -0.2) is 9.97 Å². The van der Waals surface area contributed by atoms with E-state index in [4.69, 9.17) is 11.6 Å². The lowest BCUT2D eigenvalue weighted by Crippen LogP contribution is -2.39. The zero-order valence-electron chi connectivity index (χ0n) is 8.54. The van der Waals surface area contributed by atoms with E-state index in [2.05, 4.69) is 20.6 Å². The van der Waals surface area contributed by atoms with E-state index in [1.54, 1.807) is 6.07 Å². The minimum Gasteiger partial charge on any atom is -0.368 e. The zero-order valence-corrected chi connectivity index (χ0v) is 9.30. The smallest absolute Gasteiger partial charge is 0.134 e. The van der Waals surface area contributed by atoms with Gasteiger partial charge in [-0.15, -0.1) is 0 Å². The van der Waals surface area contributed by atoms with Crippen LogP contribution in [0.25, 0.3) is 0 Å². The summed E-state index contributed by atoms with van der Waals surface area (Å²) < 4.78 is 0. The van der Waals surface area contributed by atoms with Crippen molar-refractivity contribution < 1.29 is 0 Å². The van der Waals surface area contributed by atoms with E-state index in [1.165, 1.54) is 25.6 Å². The molecule has 0 aromatic carbocycles. The first-order valence-corrected chi connectivity index (χ1v) is 5.67. The van der Waals surface area contributed by atoms with Gasteiger partial charge in [0, 0.05) is 18.7 Å². The second-order valence-electron chi connectivity index (χ2n) is 3.75. The van der Waals surface area contributed by atoms with Gasteiger partial charge in [-0.1, -0.05) is 18.0 Å². The standard InChI is InChI=1S/C10H15ClN4/c11-9-5-10(15-7-14-9)13-6-8-3-1-2-4-12-8/h5,7-8,12H,1-4,6H2,(H,13,14,15)/t8-/m0/s1. The van der Waals surface area contributed by atoms with E-state index in [-0.39, 0.29) is 0 Å². The van der Waals surface area contributed by atoms with Crippen molar-refractivity contribution in [2.75, 3.05) is 18.4 Å². The predicted octanol–water partition coefficient (Wildman–Crippen LogP) is 1.68. The molecule has 1 fully saturated rings. The van der Waals surface area contributed by atoms with Crippen LogP contribution in [0, 0.1) is 0 Å². The van der Waals surface area contributed by atoms with Crippen molar-refractivity contribution in [1.29, 1.82) is 0 Å². The van der Waals surface area contributed by atoms with Crippen molar-refractivity contribution in [1.82, 2.24) is 15.3 Å². The molecule has 1 aliphatic rings. The van der Waals surface area contributed by atoms with Crippen LogP contribution in [0.1, 0.15) is 19.3 Å². The molecule has 0 aliphatic carbocycles. The van der Waals surface area contributed by atoms with Gasteiger partial charge in [0.1, 0.15) is 17.3 Å². The van der Waals surface area contributed by atoms with Gasteiger partial charge in [-0.05, 0) is 19.4 Å². The van der Waals surface area contributed by atoms with Gasteiger partial charge in [0.25, 0.3) is 0 Å². The third-order valence-corrected chi connectivity index (χ3v) is 2.78. The summed E-state index contributed by atoms with van der Waals surface area (Å²) in [6.45, 7) is 2.02. The lowest BCUT2D eigenvalue weighted by atomic mass is 10.1. The molecule has 5 heteroatoms. The fourth-order valence-electron chi connectivity index (χ4n) is 1.76. The van der Waals surface area contributed by atoms with Gasteiger partial charge in [0.2, 0.25) is 0 Å².